The van der Waals surface area contributed by atoms with Gasteiger partial charge in [0.05, 0.1) is 0 Å². The maximum Gasteiger partial charge on any atom is 0.344 e. The van der Waals surface area contributed by atoms with Gasteiger partial charge in [-0.15, -0.1) is 0 Å². The molecule has 2 N–H and O–H groups in total. The summed E-state index contributed by atoms with van der Waals surface area (Å²) in [6.45, 7) is 1.90. The molecule has 4 nitrogen and oxygen atoms in total. The van der Waals surface area contributed by atoms with Gasteiger partial charge in [-0.25, -0.2) is 4.79 Å². The Labute approximate surface area is 128 Å². The van der Waals surface area contributed by atoms with Crippen LogP contribution in [0.15, 0.2) is 42.5 Å². The zero-order valence-corrected chi connectivity index (χ0v) is 12.4. The number of halogens is 1. The molecule has 2 aromatic carbocycles. The number of rotatable bonds is 5. The number of aryl methyl sites for hydroxylation is 1. The Morgan fingerprint density at radius 1 is 1.24 bits per heavy atom. The maximum atomic E-state index is 11.6. The number of nitrogen functional groups attached to an aromatic ring is 1. The Kier molecular flexibility index (Phi) is 5.06. The summed E-state index contributed by atoms with van der Waals surface area (Å²) in [4.78, 5) is 11.6. The van der Waals surface area contributed by atoms with E-state index < -0.39 is 5.97 Å². The number of anilines is 1. The van der Waals surface area contributed by atoms with E-state index in [4.69, 9.17) is 26.8 Å². The van der Waals surface area contributed by atoms with Crippen LogP contribution in [0.2, 0.25) is 5.02 Å². The third-order valence-corrected chi connectivity index (χ3v) is 3.16. The lowest BCUT2D eigenvalue weighted by molar-refractivity contribution is -0.147. The molecule has 0 aliphatic carbocycles. The first-order chi connectivity index (χ1) is 10.0. The minimum absolute atomic E-state index is 0.123. The van der Waals surface area contributed by atoms with Crippen molar-refractivity contribution in [1.82, 2.24) is 0 Å². The largest absolute Gasteiger partial charge is 0.482 e. The lowest BCUT2D eigenvalue weighted by Crippen LogP contribution is -2.15. The number of esters is 1. The third kappa shape index (κ3) is 4.68. The van der Waals surface area contributed by atoms with E-state index in [1.54, 1.807) is 24.3 Å². The molecule has 0 aliphatic heterocycles. The average Bonchev–Trinajstić information content (AvgIpc) is 2.44. The molecule has 2 aromatic rings. The van der Waals surface area contributed by atoms with Gasteiger partial charge in [0, 0.05) is 22.3 Å². The number of carbonyl (C=O) groups excluding carboxylic acids is 1. The van der Waals surface area contributed by atoms with Crippen molar-refractivity contribution in [1.29, 1.82) is 0 Å². The monoisotopic (exact) mass is 305 g/mol. The number of hydrogen-bond acceptors (Lipinski definition) is 4. The molecular weight excluding hydrogens is 290 g/mol. The first-order valence-electron chi connectivity index (χ1n) is 6.43. The van der Waals surface area contributed by atoms with Crippen molar-refractivity contribution in [3.8, 4) is 5.75 Å². The van der Waals surface area contributed by atoms with E-state index in [-0.39, 0.29) is 13.2 Å². The molecule has 0 heterocycles. The number of nitrogens with two attached hydrogens (primary N) is 1. The molecule has 0 aromatic heterocycles. The molecule has 0 fully saturated rings. The average molecular weight is 306 g/mol. The van der Waals surface area contributed by atoms with Gasteiger partial charge in [-0.3, -0.25) is 0 Å². The molecule has 0 amide bonds. The quantitative estimate of drug-likeness (QED) is 0.679. The lowest BCUT2D eigenvalue weighted by Gasteiger charge is -2.09. The van der Waals surface area contributed by atoms with E-state index in [9.17, 15) is 4.79 Å². The highest BCUT2D eigenvalue weighted by Crippen LogP contribution is 2.18. The van der Waals surface area contributed by atoms with Crippen molar-refractivity contribution >= 4 is 23.3 Å². The Hall–Kier alpha value is -2.20. The Morgan fingerprint density at radius 3 is 2.76 bits per heavy atom. The Bertz CT molecular complexity index is 643. The highest BCUT2D eigenvalue weighted by molar-refractivity contribution is 6.31. The van der Waals surface area contributed by atoms with E-state index in [2.05, 4.69) is 0 Å². The van der Waals surface area contributed by atoms with Gasteiger partial charge in [0.15, 0.2) is 6.61 Å². The number of carbonyl (C=O) groups is 1. The summed E-state index contributed by atoms with van der Waals surface area (Å²) in [5.41, 5.74) is 8.01. The van der Waals surface area contributed by atoms with Crippen LogP contribution in [0.4, 0.5) is 5.69 Å². The van der Waals surface area contributed by atoms with Crippen LogP contribution in [0, 0.1) is 6.92 Å². The normalized spacial score (nSPS) is 10.2. The summed E-state index contributed by atoms with van der Waals surface area (Å²) in [6.07, 6.45) is 0. The summed E-state index contributed by atoms with van der Waals surface area (Å²) in [6, 6.07) is 12.4. The Balaban J connectivity index is 1.82. The third-order valence-electron chi connectivity index (χ3n) is 2.81. The summed E-state index contributed by atoms with van der Waals surface area (Å²) in [5.74, 6) is 0.0642. The van der Waals surface area contributed by atoms with Crippen LogP contribution in [0.25, 0.3) is 0 Å². The predicted octanol–water partition coefficient (Wildman–Crippen LogP) is 3.35. The van der Waals surface area contributed by atoms with Gasteiger partial charge in [0.2, 0.25) is 0 Å². The van der Waals surface area contributed by atoms with Gasteiger partial charge in [-0.1, -0.05) is 29.8 Å². The second-order valence-electron chi connectivity index (χ2n) is 4.62. The summed E-state index contributed by atoms with van der Waals surface area (Å²) < 4.78 is 10.4. The molecule has 0 saturated heterocycles. The van der Waals surface area contributed by atoms with Crippen molar-refractivity contribution in [2.24, 2.45) is 0 Å². The van der Waals surface area contributed by atoms with Crippen LogP contribution in [-0.4, -0.2) is 12.6 Å². The zero-order valence-electron chi connectivity index (χ0n) is 11.6. The van der Waals surface area contributed by atoms with Crippen molar-refractivity contribution in [2.75, 3.05) is 12.3 Å². The maximum absolute atomic E-state index is 11.6. The van der Waals surface area contributed by atoms with Crippen molar-refractivity contribution in [3.63, 3.8) is 0 Å². The fraction of sp³-hybridized carbons (Fsp3) is 0.188. The summed E-state index contributed by atoms with van der Waals surface area (Å²) in [7, 11) is 0. The van der Waals surface area contributed by atoms with Crippen molar-refractivity contribution < 1.29 is 14.3 Å². The van der Waals surface area contributed by atoms with E-state index >= 15 is 0 Å². The topological polar surface area (TPSA) is 61.5 Å². The first-order valence-corrected chi connectivity index (χ1v) is 6.81. The number of benzene rings is 2. The molecular formula is C16H16ClNO3. The zero-order chi connectivity index (χ0) is 15.2. The highest BCUT2D eigenvalue weighted by atomic mass is 35.5. The van der Waals surface area contributed by atoms with Gasteiger partial charge >= 0.3 is 5.97 Å². The van der Waals surface area contributed by atoms with Crippen LogP contribution in [0.1, 0.15) is 11.1 Å². The molecule has 5 heteroatoms. The SMILES string of the molecule is Cc1ccc(COC(=O)COc2cccc(N)c2)c(Cl)c1. The number of ether oxygens (including phenoxy) is 2. The molecule has 0 saturated carbocycles. The van der Waals surface area contributed by atoms with E-state index in [1.165, 1.54) is 0 Å². The molecule has 0 radical (unpaired) electrons. The minimum Gasteiger partial charge on any atom is -0.482 e. The van der Waals surface area contributed by atoms with E-state index in [0.717, 1.165) is 11.1 Å². The first kappa shape index (κ1) is 15.2. The van der Waals surface area contributed by atoms with Crippen molar-refractivity contribution in [3.05, 3.63) is 58.6 Å². The molecule has 2 rings (SSSR count). The highest BCUT2D eigenvalue weighted by Gasteiger charge is 2.07. The molecule has 0 aliphatic rings. The molecule has 0 unspecified atom stereocenters. The minimum atomic E-state index is -0.464. The fourth-order valence-electron chi connectivity index (χ4n) is 1.72. The number of hydrogen-bond donors (Lipinski definition) is 1. The van der Waals surface area contributed by atoms with E-state index in [0.29, 0.717) is 16.5 Å². The summed E-state index contributed by atoms with van der Waals surface area (Å²) in [5, 5.41) is 0.583. The van der Waals surface area contributed by atoms with Gasteiger partial charge < -0.3 is 15.2 Å². The van der Waals surface area contributed by atoms with Gasteiger partial charge in [0.1, 0.15) is 12.4 Å². The smallest absolute Gasteiger partial charge is 0.344 e. The second kappa shape index (κ2) is 6.99. The van der Waals surface area contributed by atoms with Crippen LogP contribution >= 0.6 is 11.6 Å². The lowest BCUT2D eigenvalue weighted by atomic mass is 10.2. The fourth-order valence-corrected chi connectivity index (χ4v) is 2.01. The van der Waals surface area contributed by atoms with Crippen LogP contribution in [0.5, 0.6) is 5.75 Å². The van der Waals surface area contributed by atoms with Crippen molar-refractivity contribution in [2.45, 2.75) is 13.5 Å². The van der Waals surface area contributed by atoms with Crippen LogP contribution < -0.4 is 10.5 Å². The predicted molar refractivity (Wildman–Crippen MR) is 82.3 cm³/mol. The molecule has 0 atom stereocenters. The standard InChI is InChI=1S/C16H16ClNO3/c1-11-5-6-12(15(17)7-11)9-21-16(19)10-20-14-4-2-3-13(18)8-14/h2-8H,9-10,18H2,1H3. The molecule has 0 bridgehead atoms. The van der Waals surface area contributed by atoms with Gasteiger partial charge in [-0.05, 0) is 30.7 Å². The summed E-state index contributed by atoms with van der Waals surface area (Å²) >= 11 is 6.07. The van der Waals surface area contributed by atoms with Crippen LogP contribution in [0.3, 0.4) is 0 Å². The van der Waals surface area contributed by atoms with Gasteiger partial charge in [-0.2, -0.15) is 0 Å². The molecule has 0 spiro atoms. The van der Waals surface area contributed by atoms with Crippen LogP contribution in [-0.2, 0) is 16.1 Å². The second-order valence-corrected chi connectivity index (χ2v) is 5.02. The molecule has 21 heavy (non-hydrogen) atoms. The molecule has 110 valence electrons. The van der Waals surface area contributed by atoms with E-state index in [1.807, 2.05) is 25.1 Å². The van der Waals surface area contributed by atoms with Gasteiger partial charge in [0.25, 0.3) is 0 Å². The Morgan fingerprint density at radius 2 is 2.05 bits per heavy atom.